The Hall–Kier alpha value is -11.4. The van der Waals surface area contributed by atoms with Gasteiger partial charge in [-0.05, 0) is 275 Å². The second-order valence-corrected chi connectivity index (χ2v) is 33.3. The van der Waals surface area contributed by atoms with Gasteiger partial charge in [-0.2, -0.15) is 0 Å². The Kier molecular flexibility index (Phi) is 62.6. The van der Waals surface area contributed by atoms with Crippen LogP contribution in [-0.4, -0.2) is 50.0 Å². The summed E-state index contributed by atoms with van der Waals surface area (Å²) in [5.74, 6) is 0.619. The molecule has 0 heterocycles. The highest BCUT2D eigenvalue weighted by Crippen LogP contribution is 2.37. The molecule has 133 heavy (non-hydrogen) atoms. The first kappa shape index (κ1) is 132. The Bertz CT molecular complexity index is 5370. The van der Waals surface area contributed by atoms with Crippen LogP contribution in [0.4, 0.5) is 0 Å². The van der Waals surface area contributed by atoms with Crippen LogP contribution in [0.1, 0.15) is 343 Å². The number of carbonyl (C=O) groups is 6. The molecule has 0 saturated carbocycles. The van der Waals surface area contributed by atoms with Crippen LogP contribution in [0, 0.1) is 34.0 Å². The summed E-state index contributed by atoms with van der Waals surface area (Å²) in [6.07, 6.45) is 3.30. The third kappa shape index (κ3) is 37.9. The third-order valence-corrected chi connectivity index (χ3v) is 23.2. The van der Waals surface area contributed by atoms with E-state index in [0.717, 1.165) is 94.2 Å². The molecular weight excluding hydrogens is 1650 g/mol. The molecule has 9 atom stereocenters. The van der Waals surface area contributed by atoms with E-state index < -0.39 is 16.2 Å². The molecule has 12 rings (SSSR count). The van der Waals surface area contributed by atoms with Crippen molar-refractivity contribution in [3.05, 3.63) is 276 Å². The fourth-order valence-corrected chi connectivity index (χ4v) is 12.5. The molecule has 0 amide bonds. The molecule has 12 aromatic rings. The van der Waals surface area contributed by atoms with Gasteiger partial charge in [-0.3, -0.25) is 28.8 Å². The highest BCUT2D eigenvalue weighted by molar-refractivity contribution is 6.01. The molecule has 0 saturated heterocycles. The first-order valence-electron chi connectivity index (χ1n) is 42.9. The highest BCUT2D eigenvalue weighted by atomic mass is 16.6. The summed E-state index contributed by atoms with van der Waals surface area (Å²) in [6.45, 7) is 40.6. The van der Waals surface area contributed by atoms with Crippen molar-refractivity contribution in [3.8, 4) is 11.5 Å². The van der Waals surface area contributed by atoms with Crippen molar-refractivity contribution in [2.24, 2.45) is 34.0 Å². The Balaban J connectivity index is -0.000000359. The molecule has 0 fully saturated rings. The fraction of sp³-hybridized carbons (Fsp3) is 0.445. The molecule has 738 valence electrons. The van der Waals surface area contributed by atoms with Crippen molar-refractivity contribution in [1.82, 2.24) is 0 Å². The van der Waals surface area contributed by atoms with Crippen LogP contribution in [-0.2, 0) is 57.2 Å². The smallest absolute Gasteiger partial charge is 0.312 e. The second-order valence-electron chi connectivity index (χ2n) is 33.3. The second kappa shape index (κ2) is 62.9. The maximum atomic E-state index is 12.4. The van der Waals surface area contributed by atoms with E-state index in [-0.39, 0.29) is 179 Å². The van der Waals surface area contributed by atoms with Crippen LogP contribution in [0.15, 0.2) is 243 Å². The van der Waals surface area contributed by atoms with Crippen LogP contribution in [0.2, 0.25) is 0 Å². The van der Waals surface area contributed by atoms with Gasteiger partial charge < -0.3 is 37.9 Å². The van der Waals surface area contributed by atoms with Gasteiger partial charge >= 0.3 is 35.8 Å². The molecule has 0 N–H and O–H groups in total. The Morgan fingerprint density at radius 1 is 0.241 bits per heavy atom. The Labute approximate surface area is 807 Å². The number of methoxy groups -OCH3 is 2. The quantitative estimate of drug-likeness (QED) is 0.0284. The van der Waals surface area contributed by atoms with Gasteiger partial charge in [-0.15, -0.1) is 0 Å². The van der Waals surface area contributed by atoms with E-state index >= 15 is 0 Å². The average molecular weight is 1830 g/mol. The predicted octanol–water partition coefficient (Wildman–Crippen LogP) is 35.8. The van der Waals surface area contributed by atoms with Crippen molar-refractivity contribution >= 4 is 100 Å². The third-order valence-electron chi connectivity index (χ3n) is 23.2. The van der Waals surface area contributed by atoms with E-state index in [1.54, 1.807) is 14.2 Å². The lowest BCUT2D eigenvalue weighted by atomic mass is 9.90. The lowest BCUT2D eigenvalue weighted by Crippen LogP contribution is -2.26. The van der Waals surface area contributed by atoms with Crippen molar-refractivity contribution < 1.29 is 66.7 Å². The summed E-state index contributed by atoms with van der Waals surface area (Å²) in [6, 6.07) is 81.6. The number of hydrogen-bond donors (Lipinski definition) is 0. The molecular formula is C119H178O14. The van der Waals surface area contributed by atoms with Crippen LogP contribution in [0.3, 0.4) is 0 Å². The maximum absolute atomic E-state index is 12.4. The zero-order valence-electron chi connectivity index (χ0n) is 75.7. The monoisotopic (exact) mass is 1830 g/mol. The molecule has 14 nitrogen and oxygen atoms in total. The van der Waals surface area contributed by atoms with Crippen molar-refractivity contribution in [2.45, 2.75) is 310 Å². The Morgan fingerprint density at radius 3 is 0.737 bits per heavy atom. The van der Waals surface area contributed by atoms with E-state index in [2.05, 4.69) is 121 Å². The molecule has 0 aromatic heterocycles. The van der Waals surface area contributed by atoms with Gasteiger partial charge in [0.2, 0.25) is 0 Å². The summed E-state index contributed by atoms with van der Waals surface area (Å²) in [7, 11) is 3.25. The van der Waals surface area contributed by atoms with E-state index in [1.807, 2.05) is 267 Å². The number of benzene rings is 12. The van der Waals surface area contributed by atoms with E-state index in [4.69, 9.17) is 37.9 Å². The molecule has 0 aliphatic heterocycles. The lowest BCUT2D eigenvalue weighted by molar-refractivity contribution is -0.160. The normalized spacial score (nSPS) is 12.3. The molecule has 0 aliphatic rings. The lowest BCUT2D eigenvalue weighted by Gasteiger charge is -2.24. The molecule has 0 aliphatic carbocycles. The number of ether oxygens (including phenoxy) is 8. The minimum absolute atomic E-state index is 0. The standard InChI is InChI=1S/C22H24O2.C21H22O2.C18H22O2.C17H20O2.C15H22O3.C14H20O3.12CH4/c1-5-22(3,4)21(23)24-15(2)19-12-8-11-18-13-16-9-6-7-10-17(16)14-20(18)19;1-4-14(2)21(22)23-15(3)19-11-7-10-18-12-16-8-5-6-9-17(16)13-20(18)19;1-5-18(3,4)17(19)20-13(2)15-11-10-14-8-6-7-9-16(14)12-15;1-4-12(2)17(18)19-13(3)15-10-9-14-7-5-6-8-16(14)11-15;1-6-15(3,4)14(16)18-11(2)12-7-9-13(17-5)10-8-12;1-5-10(2)14(15)17-11(3)12-6-8-13(16-4)9-7-12;;;;;;;;;;;;/h6-15H,5H2,1-4H3;5-15H,4H2,1-3H3;6-13H,5H2,1-4H3;5-13H,4H2,1-3H3;7-11H,6H2,1-5H3;6-11H,5H2,1-4H3;12*1H4. The van der Waals surface area contributed by atoms with Crippen LogP contribution in [0.5, 0.6) is 11.5 Å². The average Bonchev–Trinajstić information content (AvgIpc) is 0.783. The van der Waals surface area contributed by atoms with Gasteiger partial charge in [-0.25, -0.2) is 0 Å². The molecule has 12 aromatic carbocycles. The van der Waals surface area contributed by atoms with Gasteiger partial charge in [0.1, 0.15) is 48.1 Å². The largest absolute Gasteiger partial charge is 0.497 e. The summed E-state index contributed by atoms with van der Waals surface area (Å²) in [5, 5.41) is 14.2. The highest BCUT2D eigenvalue weighted by Gasteiger charge is 2.32. The molecule has 9 unspecified atom stereocenters. The van der Waals surface area contributed by atoms with E-state index in [0.29, 0.717) is 0 Å². The molecule has 14 heteroatoms. The van der Waals surface area contributed by atoms with Crippen molar-refractivity contribution in [1.29, 1.82) is 0 Å². The first-order valence-corrected chi connectivity index (χ1v) is 42.9. The predicted molar refractivity (Wildman–Crippen MR) is 575 cm³/mol. The summed E-state index contributed by atoms with van der Waals surface area (Å²) in [5.41, 5.74) is 4.82. The number of carbonyl (C=O) groups excluding carboxylic acids is 6. The molecule has 0 bridgehead atoms. The first-order chi connectivity index (χ1) is 57.5. The van der Waals surface area contributed by atoms with Gasteiger partial charge in [-0.1, -0.05) is 333 Å². The summed E-state index contributed by atoms with van der Waals surface area (Å²) >= 11 is 0. The van der Waals surface area contributed by atoms with Gasteiger partial charge in [0.05, 0.1) is 48.2 Å². The minimum Gasteiger partial charge on any atom is -0.497 e. The van der Waals surface area contributed by atoms with Gasteiger partial charge in [0.15, 0.2) is 0 Å². The number of fused-ring (bicyclic) bond motifs is 6. The minimum atomic E-state index is -0.453. The fourth-order valence-electron chi connectivity index (χ4n) is 12.5. The Morgan fingerprint density at radius 2 is 0.459 bits per heavy atom. The van der Waals surface area contributed by atoms with E-state index in [9.17, 15) is 28.8 Å². The van der Waals surface area contributed by atoms with Gasteiger partial charge in [0, 0.05) is 5.56 Å². The number of hydrogen-bond acceptors (Lipinski definition) is 14. The SMILES string of the molecule is C.C.C.C.C.C.C.C.C.C.C.C.CCC(C)(C)C(=O)OC(C)c1ccc(OC)cc1.CCC(C)(C)C(=O)OC(C)c1ccc2ccccc2c1.CCC(C)(C)C(=O)OC(C)c1cccc2cc3ccccc3cc12.CCC(C)C(=O)OC(C)c1ccc(OC)cc1.CCC(C)C(=O)OC(C)c1ccc2ccccc2c1.CCC(C)C(=O)OC(C)c1cccc2cc3ccccc3cc12. The van der Waals surface area contributed by atoms with Crippen LogP contribution >= 0.6 is 0 Å². The van der Waals surface area contributed by atoms with Gasteiger partial charge in [0.25, 0.3) is 0 Å². The topological polar surface area (TPSA) is 176 Å². The van der Waals surface area contributed by atoms with Crippen molar-refractivity contribution in [3.63, 3.8) is 0 Å². The maximum Gasteiger partial charge on any atom is 0.312 e. The molecule has 0 radical (unpaired) electrons. The number of esters is 6. The zero-order valence-corrected chi connectivity index (χ0v) is 75.7. The van der Waals surface area contributed by atoms with Crippen LogP contribution < -0.4 is 9.47 Å². The number of rotatable bonds is 26. The van der Waals surface area contributed by atoms with Crippen molar-refractivity contribution in [2.75, 3.05) is 14.2 Å². The summed E-state index contributed by atoms with van der Waals surface area (Å²) in [4.78, 5) is 72.0. The zero-order chi connectivity index (χ0) is 88.9. The molecule has 0 spiro atoms. The van der Waals surface area contributed by atoms with E-state index in [1.165, 1.54) is 53.9 Å². The summed E-state index contributed by atoms with van der Waals surface area (Å²) < 4.78 is 43.6. The van der Waals surface area contributed by atoms with Crippen LogP contribution in [0.25, 0.3) is 64.6 Å².